The Morgan fingerprint density at radius 1 is 0.261 bits per heavy atom. The van der Waals surface area contributed by atoms with Crippen molar-refractivity contribution in [1.82, 2.24) is 15.0 Å². The Morgan fingerprint density at radius 3 is 1.33 bits per heavy atom. The third-order valence-corrected chi connectivity index (χ3v) is 8.83. The first-order chi connectivity index (χ1) is 22.8. The van der Waals surface area contributed by atoms with Gasteiger partial charge in [0.15, 0.2) is 17.5 Å². The molecular weight excluding hydrogens is 558 g/mol. The highest BCUT2D eigenvalue weighted by atomic mass is 15.0. The van der Waals surface area contributed by atoms with Crippen molar-refractivity contribution in [2.45, 2.75) is 0 Å². The van der Waals surface area contributed by atoms with Gasteiger partial charge in [-0.15, -0.1) is 0 Å². The molecule has 0 amide bonds. The molecular formula is C43H27N3. The Morgan fingerprint density at radius 2 is 0.696 bits per heavy atom. The van der Waals surface area contributed by atoms with Crippen LogP contribution in [-0.4, -0.2) is 15.0 Å². The summed E-state index contributed by atoms with van der Waals surface area (Å²) in [4.78, 5) is 14.8. The van der Waals surface area contributed by atoms with Crippen molar-refractivity contribution in [3.05, 3.63) is 164 Å². The number of hydrogen-bond acceptors (Lipinski definition) is 3. The van der Waals surface area contributed by atoms with E-state index in [-0.39, 0.29) is 0 Å². The summed E-state index contributed by atoms with van der Waals surface area (Å²) in [5.74, 6) is 1.97. The van der Waals surface area contributed by atoms with Gasteiger partial charge in [-0.3, -0.25) is 0 Å². The van der Waals surface area contributed by atoms with Gasteiger partial charge >= 0.3 is 0 Å². The lowest BCUT2D eigenvalue weighted by molar-refractivity contribution is 1.07. The van der Waals surface area contributed by atoms with Crippen LogP contribution in [0.15, 0.2) is 164 Å². The molecule has 1 aliphatic rings. The largest absolute Gasteiger partial charge is 0.208 e. The molecule has 0 unspecified atom stereocenters. The molecule has 0 saturated heterocycles. The van der Waals surface area contributed by atoms with Crippen LogP contribution < -0.4 is 0 Å². The molecule has 0 saturated carbocycles. The van der Waals surface area contributed by atoms with E-state index in [0.29, 0.717) is 17.5 Å². The Balaban J connectivity index is 1.13. The first-order valence-corrected chi connectivity index (χ1v) is 15.5. The molecule has 0 N–H and O–H groups in total. The maximum atomic E-state index is 4.95. The number of nitrogens with zero attached hydrogens (tertiary/aromatic N) is 3. The summed E-state index contributed by atoms with van der Waals surface area (Å²) in [7, 11) is 0. The van der Waals surface area contributed by atoms with Gasteiger partial charge in [0.25, 0.3) is 0 Å². The lowest BCUT2D eigenvalue weighted by atomic mass is 9.94. The minimum absolute atomic E-state index is 0.651. The van der Waals surface area contributed by atoms with Crippen molar-refractivity contribution in [2.24, 2.45) is 0 Å². The van der Waals surface area contributed by atoms with E-state index in [2.05, 4.69) is 103 Å². The predicted octanol–water partition coefficient (Wildman–Crippen LogP) is 11.0. The summed E-state index contributed by atoms with van der Waals surface area (Å²) in [6, 6.07) is 57.6. The van der Waals surface area contributed by atoms with Crippen molar-refractivity contribution in [2.75, 3.05) is 0 Å². The number of fused-ring (bicyclic) bond motifs is 3. The zero-order valence-electron chi connectivity index (χ0n) is 24.9. The highest BCUT2D eigenvalue weighted by Gasteiger charge is 2.21. The second-order valence-corrected chi connectivity index (χ2v) is 11.7. The molecule has 46 heavy (non-hydrogen) atoms. The summed E-state index contributed by atoms with van der Waals surface area (Å²) in [6.45, 7) is 0. The van der Waals surface area contributed by atoms with Gasteiger partial charge in [0.2, 0.25) is 0 Å². The minimum atomic E-state index is 0.651. The zero-order chi connectivity index (χ0) is 30.5. The van der Waals surface area contributed by atoms with E-state index >= 15 is 0 Å². The molecule has 0 bridgehead atoms. The highest BCUT2D eigenvalue weighted by Crippen LogP contribution is 2.48. The molecule has 3 heteroatoms. The van der Waals surface area contributed by atoms with E-state index in [4.69, 9.17) is 15.0 Å². The van der Waals surface area contributed by atoms with Crippen LogP contribution in [-0.2, 0) is 0 Å². The van der Waals surface area contributed by atoms with Crippen LogP contribution in [0.4, 0.5) is 0 Å². The fourth-order valence-corrected chi connectivity index (χ4v) is 6.64. The predicted molar refractivity (Wildman–Crippen MR) is 189 cm³/mol. The Labute approximate surface area is 267 Å². The number of aromatic nitrogens is 3. The maximum Gasteiger partial charge on any atom is 0.164 e. The number of hydrogen-bond donors (Lipinski definition) is 0. The summed E-state index contributed by atoms with van der Waals surface area (Å²) in [6.07, 6.45) is 0. The summed E-state index contributed by atoms with van der Waals surface area (Å²) < 4.78 is 0. The second kappa shape index (κ2) is 10.8. The molecule has 0 spiro atoms. The fraction of sp³-hybridized carbons (Fsp3) is 0. The molecule has 0 fully saturated rings. The van der Waals surface area contributed by atoms with Crippen LogP contribution in [0.2, 0.25) is 0 Å². The minimum Gasteiger partial charge on any atom is -0.208 e. The van der Waals surface area contributed by atoms with Gasteiger partial charge in [-0.2, -0.15) is 0 Å². The van der Waals surface area contributed by atoms with E-state index in [9.17, 15) is 0 Å². The average Bonchev–Trinajstić information content (AvgIpc) is 3.47. The molecule has 0 atom stereocenters. The Hall–Kier alpha value is -6.19. The fourth-order valence-electron chi connectivity index (χ4n) is 6.64. The maximum absolute atomic E-state index is 4.95. The van der Waals surface area contributed by atoms with Crippen LogP contribution in [0.25, 0.3) is 89.4 Å². The van der Waals surface area contributed by atoms with Crippen LogP contribution in [0.5, 0.6) is 0 Å². The van der Waals surface area contributed by atoms with E-state index in [1.807, 2.05) is 60.7 Å². The Kier molecular flexibility index (Phi) is 6.14. The lowest BCUT2D eigenvalue weighted by Crippen LogP contribution is -2.00. The zero-order valence-corrected chi connectivity index (χ0v) is 24.9. The van der Waals surface area contributed by atoms with E-state index in [0.717, 1.165) is 27.8 Å². The second-order valence-electron chi connectivity index (χ2n) is 11.7. The molecule has 1 aromatic heterocycles. The van der Waals surface area contributed by atoms with Gasteiger partial charge in [0.05, 0.1) is 0 Å². The Bertz CT molecular complexity index is 2360. The third kappa shape index (κ3) is 4.49. The monoisotopic (exact) mass is 585 g/mol. The van der Waals surface area contributed by atoms with E-state index in [1.54, 1.807) is 0 Å². The van der Waals surface area contributed by atoms with Crippen LogP contribution in [0.1, 0.15) is 0 Å². The molecule has 0 radical (unpaired) electrons. The first-order valence-electron chi connectivity index (χ1n) is 15.5. The molecule has 1 heterocycles. The van der Waals surface area contributed by atoms with Gasteiger partial charge in [-0.1, -0.05) is 140 Å². The normalized spacial score (nSPS) is 11.5. The number of benzene rings is 7. The van der Waals surface area contributed by atoms with Gasteiger partial charge in [-0.25, -0.2) is 15.0 Å². The van der Waals surface area contributed by atoms with Crippen LogP contribution in [0.3, 0.4) is 0 Å². The van der Waals surface area contributed by atoms with Crippen molar-refractivity contribution in [3.63, 3.8) is 0 Å². The standard InChI is InChI=1S/C43H27N3/c1-3-12-28(13-4-1)41-44-42(29-14-5-2-6-15-29)46-43(45-41)34-20-10-17-31(25-34)30-16-9-18-32(24-30)35-26-33-19-11-23-38-36-21-7-8-22-37(36)39(27-35)40(33)38/h1-27H. The summed E-state index contributed by atoms with van der Waals surface area (Å²) in [5.41, 5.74) is 12.8. The lowest BCUT2D eigenvalue weighted by Gasteiger charge is -2.11. The van der Waals surface area contributed by atoms with Crippen LogP contribution in [0, 0.1) is 0 Å². The summed E-state index contributed by atoms with van der Waals surface area (Å²) >= 11 is 0. The SMILES string of the molecule is c1ccc(-c2nc(-c3ccccc3)nc(-c3cccc(-c4cccc(-c5cc6c7c(cccc7c5)-c5ccccc5-6)c4)c3)n2)cc1. The molecule has 7 aromatic carbocycles. The first kappa shape index (κ1) is 26.2. The molecule has 9 rings (SSSR count). The molecule has 0 aliphatic heterocycles. The van der Waals surface area contributed by atoms with Crippen molar-refractivity contribution in [1.29, 1.82) is 0 Å². The highest BCUT2D eigenvalue weighted by molar-refractivity contribution is 6.16. The average molecular weight is 586 g/mol. The molecule has 1 aliphatic carbocycles. The van der Waals surface area contributed by atoms with Gasteiger partial charge < -0.3 is 0 Å². The third-order valence-electron chi connectivity index (χ3n) is 8.83. The quantitative estimate of drug-likeness (QED) is 0.202. The molecule has 214 valence electrons. The van der Waals surface area contributed by atoms with E-state index < -0.39 is 0 Å². The van der Waals surface area contributed by atoms with Gasteiger partial charge in [-0.05, 0) is 79.5 Å². The van der Waals surface area contributed by atoms with E-state index in [1.165, 1.54) is 44.2 Å². The van der Waals surface area contributed by atoms with Crippen molar-refractivity contribution >= 4 is 10.8 Å². The summed E-state index contributed by atoms with van der Waals surface area (Å²) in [5, 5.41) is 2.62. The molecule has 8 aromatic rings. The van der Waals surface area contributed by atoms with Gasteiger partial charge in [0, 0.05) is 16.7 Å². The van der Waals surface area contributed by atoms with Crippen LogP contribution >= 0.6 is 0 Å². The van der Waals surface area contributed by atoms with Crippen molar-refractivity contribution in [3.8, 4) is 78.7 Å². The number of rotatable bonds is 5. The smallest absolute Gasteiger partial charge is 0.164 e. The molecule has 3 nitrogen and oxygen atoms in total. The van der Waals surface area contributed by atoms with Crippen molar-refractivity contribution < 1.29 is 0 Å². The topological polar surface area (TPSA) is 38.7 Å². The van der Waals surface area contributed by atoms with Gasteiger partial charge in [0.1, 0.15) is 0 Å².